The first-order valence-electron chi connectivity index (χ1n) is 5.95. The third-order valence-electron chi connectivity index (χ3n) is 2.98. The highest BCUT2D eigenvalue weighted by Gasteiger charge is 2.12. The monoisotopic (exact) mass is 220 g/mol. The summed E-state index contributed by atoms with van der Waals surface area (Å²) in [7, 11) is 0. The highest BCUT2D eigenvalue weighted by Crippen LogP contribution is 2.28. The third-order valence-corrected chi connectivity index (χ3v) is 2.98. The molecule has 0 saturated heterocycles. The van der Waals surface area contributed by atoms with Gasteiger partial charge in [0.25, 0.3) is 0 Å². The minimum Gasteiger partial charge on any atom is -0.120 e. The van der Waals surface area contributed by atoms with Crippen LogP contribution in [0.5, 0.6) is 0 Å². The number of terminal acetylenes is 1. The van der Waals surface area contributed by atoms with Crippen LogP contribution in [0.25, 0.3) is 0 Å². The van der Waals surface area contributed by atoms with Crippen LogP contribution in [-0.4, -0.2) is 0 Å². The van der Waals surface area contributed by atoms with Crippen LogP contribution in [0.15, 0.2) is 60.7 Å². The summed E-state index contributed by atoms with van der Waals surface area (Å²) < 4.78 is 0. The van der Waals surface area contributed by atoms with E-state index in [1.54, 1.807) is 0 Å². The van der Waals surface area contributed by atoms with Gasteiger partial charge in [-0.25, -0.2) is 0 Å². The van der Waals surface area contributed by atoms with E-state index < -0.39 is 0 Å². The van der Waals surface area contributed by atoms with Crippen molar-refractivity contribution < 1.29 is 0 Å². The Hall–Kier alpha value is -2.00. The largest absolute Gasteiger partial charge is 0.120 e. The van der Waals surface area contributed by atoms with Crippen LogP contribution in [0.4, 0.5) is 0 Å². The van der Waals surface area contributed by atoms with Gasteiger partial charge in [0.1, 0.15) is 0 Å². The number of rotatable bonds is 4. The highest BCUT2D eigenvalue weighted by molar-refractivity contribution is 5.32. The topological polar surface area (TPSA) is 0 Å². The molecule has 0 nitrogen and oxygen atoms in total. The fourth-order valence-electron chi connectivity index (χ4n) is 2.12. The molecule has 0 heteroatoms. The zero-order valence-corrected chi connectivity index (χ0v) is 9.84. The van der Waals surface area contributed by atoms with E-state index in [0.717, 1.165) is 12.8 Å². The van der Waals surface area contributed by atoms with Gasteiger partial charge in [-0.05, 0) is 17.5 Å². The summed E-state index contributed by atoms with van der Waals surface area (Å²) >= 11 is 0. The molecule has 0 bridgehead atoms. The van der Waals surface area contributed by atoms with Crippen molar-refractivity contribution in [3.63, 3.8) is 0 Å². The zero-order chi connectivity index (χ0) is 11.9. The van der Waals surface area contributed by atoms with Crippen LogP contribution >= 0.6 is 0 Å². The molecule has 0 spiro atoms. The van der Waals surface area contributed by atoms with E-state index in [9.17, 15) is 0 Å². The molecular formula is C17H16. The van der Waals surface area contributed by atoms with Gasteiger partial charge in [0.2, 0.25) is 0 Å². The lowest BCUT2D eigenvalue weighted by molar-refractivity contribution is 0.737. The predicted octanol–water partition coefficient (Wildman–Crippen LogP) is 4.23. The van der Waals surface area contributed by atoms with Gasteiger partial charge in [0.05, 0.1) is 0 Å². The summed E-state index contributed by atoms with van der Waals surface area (Å²) in [6.07, 6.45) is 7.20. The summed E-state index contributed by atoms with van der Waals surface area (Å²) in [5.41, 5.74) is 2.68. The van der Waals surface area contributed by atoms with E-state index in [1.807, 2.05) is 12.1 Å². The van der Waals surface area contributed by atoms with E-state index in [4.69, 9.17) is 6.42 Å². The zero-order valence-electron chi connectivity index (χ0n) is 9.84. The summed E-state index contributed by atoms with van der Waals surface area (Å²) in [6, 6.07) is 21.1. The Morgan fingerprint density at radius 3 is 1.71 bits per heavy atom. The van der Waals surface area contributed by atoms with Crippen molar-refractivity contribution in [1.29, 1.82) is 0 Å². The van der Waals surface area contributed by atoms with Gasteiger partial charge in [0, 0.05) is 12.3 Å². The first kappa shape index (κ1) is 11.5. The fraction of sp³-hybridized carbons (Fsp3) is 0.176. The third kappa shape index (κ3) is 2.98. The fourth-order valence-corrected chi connectivity index (χ4v) is 2.12. The molecule has 2 aromatic rings. The van der Waals surface area contributed by atoms with Crippen LogP contribution < -0.4 is 0 Å². The molecule has 17 heavy (non-hydrogen) atoms. The molecule has 0 atom stereocenters. The van der Waals surface area contributed by atoms with Crippen LogP contribution in [0.1, 0.15) is 29.9 Å². The lowest BCUT2D eigenvalue weighted by Gasteiger charge is -2.16. The molecule has 0 aliphatic heterocycles. The van der Waals surface area contributed by atoms with E-state index in [2.05, 4.69) is 54.5 Å². The first-order valence-corrected chi connectivity index (χ1v) is 5.95. The van der Waals surface area contributed by atoms with Crippen LogP contribution in [0, 0.1) is 12.3 Å². The van der Waals surface area contributed by atoms with E-state index in [-0.39, 0.29) is 0 Å². The second-order valence-corrected chi connectivity index (χ2v) is 4.12. The normalized spacial score (nSPS) is 10.1. The Kier molecular flexibility index (Phi) is 4.00. The minimum atomic E-state index is 0.411. The molecule has 0 aliphatic carbocycles. The van der Waals surface area contributed by atoms with Crippen LogP contribution in [0.3, 0.4) is 0 Å². The molecule has 0 aliphatic rings. The van der Waals surface area contributed by atoms with Gasteiger partial charge in [-0.15, -0.1) is 12.3 Å². The number of benzene rings is 2. The maximum atomic E-state index is 5.38. The van der Waals surface area contributed by atoms with Crippen molar-refractivity contribution in [3.05, 3.63) is 71.8 Å². The van der Waals surface area contributed by atoms with E-state index in [0.29, 0.717) is 5.92 Å². The van der Waals surface area contributed by atoms with Gasteiger partial charge >= 0.3 is 0 Å². The molecule has 0 N–H and O–H groups in total. The summed E-state index contributed by atoms with van der Waals surface area (Å²) in [6.45, 7) is 0. The Morgan fingerprint density at radius 2 is 1.29 bits per heavy atom. The van der Waals surface area contributed by atoms with Crippen molar-refractivity contribution in [1.82, 2.24) is 0 Å². The Morgan fingerprint density at radius 1 is 0.824 bits per heavy atom. The van der Waals surface area contributed by atoms with Gasteiger partial charge in [0.15, 0.2) is 0 Å². The minimum absolute atomic E-state index is 0.411. The number of hydrogen-bond donors (Lipinski definition) is 0. The van der Waals surface area contributed by atoms with Crippen molar-refractivity contribution in [2.75, 3.05) is 0 Å². The van der Waals surface area contributed by atoms with Gasteiger partial charge < -0.3 is 0 Å². The Balaban J connectivity index is 2.30. The standard InChI is InChI=1S/C17H16/c1-2-3-14-17(15-10-6-4-7-11-15)16-12-8-5-9-13-16/h1,4-13,17H,3,14H2. The molecule has 2 aromatic carbocycles. The smallest absolute Gasteiger partial charge is 0.00983 e. The number of hydrogen-bond acceptors (Lipinski definition) is 0. The summed E-state index contributed by atoms with van der Waals surface area (Å²) in [5, 5.41) is 0. The molecule has 0 saturated carbocycles. The van der Waals surface area contributed by atoms with Gasteiger partial charge in [-0.3, -0.25) is 0 Å². The van der Waals surface area contributed by atoms with Gasteiger partial charge in [-0.1, -0.05) is 60.7 Å². The van der Waals surface area contributed by atoms with E-state index >= 15 is 0 Å². The molecule has 0 unspecified atom stereocenters. The second kappa shape index (κ2) is 5.92. The van der Waals surface area contributed by atoms with E-state index in [1.165, 1.54) is 11.1 Å². The second-order valence-electron chi connectivity index (χ2n) is 4.12. The molecule has 0 radical (unpaired) electrons. The molecule has 84 valence electrons. The molecule has 0 fully saturated rings. The quantitative estimate of drug-likeness (QED) is 0.676. The summed E-state index contributed by atoms with van der Waals surface area (Å²) in [4.78, 5) is 0. The molecule has 2 rings (SSSR count). The lowest BCUT2D eigenvalue weighted by atomic mass is 9.88. The molecule has 0 amide bonds. The molecule has 0 aromatic heterocycles. The maximum absolute atomic E-state index is 5.38. The molecular weight excluding hydrogens is 204 g/mol. The first-order chi connectivity index (χ1) is 8.42. The molecule has 0 heterocycles. The van der Waals surface area contributed by atoms with Crippen molar-refractivity contribution >= 4 is 0 Å². The highest BCUT2D eigenvalue weighted by atomic mass is 14.2. The maximum Gasteiger partial charge on any atom is 0.00983 e. The van der Waals surface area contributed by atoms with Crippen LogP contribution in [-0.2, 0) is 0 Å². The van der Waals surface area contributed by atoms with Crippen molar-refractivity contribution in [2.45, 2.75) is 18.8 Å². The average Bonchev–Trinajstić information content (AvgIpc) is 2.42. The summed E-state index contributed by atoms with van der Waals surface area (Å²) in [5.74, 6) is 3.15. The van der Waals surface area contributed by atoms with Crippen LogP contribution in [0.2, 0.25) is 0 Å². The average molecular weight is 220 g/mol. The SMILES string of the molecule is C#CCCC(c1ccccc1)c1ccccc1. The Bertz CT molecular complexity index is 437. The van der Waals surface area contributed by atoms with Crippen molar-refractivity contribution in [2.24, 2.45) is 0 Å². The van der Waals surface area contributed by atoms with Gasteiger partial charge in [-0.2, -0.15) is 0 Å². The lowest BCUT2D eigenvalue weighted by Crippen LogP contribution is -2.00. The Labute approximate surface area is 103 Å². The van der Waals surface area contributed by atoms with Crippen molar-refractivity contribution in [3.8, 4) is 12.3 Å². The predicted molar refractivity (Wildman–Crippen MR) is 72.8 cm³/mol.